The number of nitrogens with zero attached hydrogens (tertiary/aromatic N) is 2. The minimum atomic E-state index is -3.72. The molecule has 0 fully saturated rings. The predicted octanol–water partition coefficient (Wildman–Crippen LogP) is 2.64. The molecule has 0 aliphatic heterocycles. The van der Waals surface area contributed by atoms with Gasteiger partial charge in [0, 0.05) is 23.9 Å². The van der Waals surface area contributed by atoms with E-state index in [1.807, 2.05) is 12.1 Å². The van der Waals surface area contributed by atoms with Crippen molar-refractivity contribution in [2.75, 3.05) is 20.2 Å². The summed E-state index contributed by atoms with van der Waals surface area (Å²) >= 11 is 3.26. The van der Waals surface area contributed by atoms with Crippen molar-refractivity contribution in [2.45, 2.75) is 17.7 Å². The van der Waals surface area contributed by atoms with Crippen molar-refractivity contribution in [2.24, 2.45) is 0 Å². The molecule has 0 atom stereocenters. The summed E-state index contributed by atoms with van der Waals surface area (Å²) in [4.78, 5) is 16.0. The third-order valence-corrected chi connectivity index (χ3v) is 5.82. The van der Waals surface area contributed by atoms with Crippen LogP contribution in [0.2, 0.25) is 0 Å². The number of pyridine rings is 1. The van der Waals surface area contributed by atoms with Crippen LogP contribution in [0.15, 0.2) is 58.2 Å². The number of rotatable bonds is 8. The van der Waals surface area contributed by atoms with Crippen LogP contribution in [0.1, 0.15) is 12.0 Å². The van der Waals surface area contributed by atoms with Crippen molar-refractivity contribution in [3.8, 4) is 0 Å². The van der Waals surface area contributed by atoms with Crippen LogP contribution in [0.4, 0.5) is 0 Å². The SMILES string of the molecule is CN(CC(=O)OCCCc1cccnc1)S(=O)(=O)c1ccc(Br)cc1. The molecule has 0 N–H and O–H groups in total. The minimum Gasteiger partial charge on any atom is -0.465 e. The monoisotopic (exact) mass is 426 g/mol. The summed E-state index contributed by atoms with van der Waals surface area (Å²) in [6.45, 7) is -0.0921. The Morgan fingerprint density at radius 1 is 1.24 bits per heavy atom. The smallest absolute Gasteiger partial charge is 0.321 e. The lowest BCUT2D eigenvalue weighted by molar-refractivity contribution is -0.143. The number of benzene rings is 1. The van der Waals surface area contributed by atoms with E-state index in [0.29, 0.717) is 6.42 Å². The van der Waals surface area contributed by atoms with Crippen molar-refractivity contribution in [3.63, 3.8) is 0 Å². The van der Waals surface area contributed by atoms with Gasteiger partial charge in [0.25, 0.3) is 0 Å². The minimum absolute atomic E-state index is 0.127. The zero-order chi connectivity index (χ0) is 18.3. The largest absolute Gasteiger partial charge is 0.465 e. The van der Waals surface area contributed by atoms with Crippen LogP contribution < -0.4 is 0 Å². The maximum absolute atomic E-state index is 12.4. The fourth-order valence-electron chi connectivity index (χ4n) is 2.11. The van der Waals surface area contributed by atoms with Gasteiger partial charge in [0.2, 0.25) is 10.0 Å². The second-order valence-electron chi connectivity index (χ2n) is 5.40. The van der Waals surface area contributed by atoms with Gasteiger partial charge in [0.15, 0.2) is 0 Å². The fraction of sp³-hybridized carbons (Fsp3) is 0.294. The molecule has 0 saturated carbocycles. The van der Waals surface area contributed by atoms with Crippen molar-refractivity contribution >= 4 is 31.9 Å². The third kappa shape index (κ3) is 5.91. The highest BCUT2D eigenvalue weighted by Gasteiger charge is 2.23. The highest BCUT2D eigenvalue weighted by atomic mass is 79.9. The first-order chi connectivity index (χ1) is 11.9. The second kappa shape index (κ2) is 9.07. The van der Waals surface area contributed by atoms with E-state index in [4.69, 9.17) is 4.74 Å². The van der Waals surface area contributed by atoms with Gasteiger partial charge in [-0.15, -0.1) is 0 Å². The molecule has 0 aliphatic rings. The molecule has 0 spiro atoms. The number of halogens is 1. The number of aryl methyl sites for hydroxylation is 1. The molecule has 0 aliphatic carbocycles. The first-order valence-corrected chi connectivity index (χ1v) is 9.89. The topological polar surface area (TPSA) is 76.6 Å². The molecule has 0 saturated heterocycles. The molecule has 0 amide bonds. The Morgan fingerprint density at radius 3 is 2.60 bits per heavy atom. The molecule has 1 aromatic heterocycles. The first-order valence-electron chi connectivity index (χ1n) is 7.66. The summed E-state index contributed by atoms with van der Waals surface area (Å²) in [5.74, 6) is -0.575. The Balaban J connectivity index is 1.80. The molecule has 0 bridgehead atoms. The number of carbonyl (C=O) groups excluding carboxylic acids is 1. The average Bonchev–Trinajstić information content (AvgIpc) is 2.60. The molecular formula is C17H19BrN2O4S. The number of ether oxygens (including phenoxy) is 1. The van der Waals surface area contributed by atoms with Gasteiger partial charge in [-0.3, -0.25) is 9.78 Å². The summed E-state index contributed by atoms with van der Waals surface area (Å²) < 4.78 is 31.7. The van der Waals surface area contributed by atoms with E-state index >= 15 is 0 Å². The summed E-state index contributed by atoms with van der Waals surface area (Å²) in [7, 11) is -2.37. The highest BCUT2D eigenvalue weighted by Crippen LogP contribution is 2.17. The molecule has 6 nitrogen and oxygen atoms in total. The zero-order valence-electron chi connectivity index (χ0n) is 13.8. The number of aromatic nitrogens is 1. The van der Waals surface area contributed by atoms with E-state index < -0.39 is 16.0 Å². The summed E-state index contributed by atoms with van der Waals surface area (Å²) in [6, 6.07) is 10.0. The third-order valence-electron chi connectivity index (χ3n) is 3.47. The van der Waals surface area contributed by atoms with Gasteiger partial charge in [-0.1, -0.05) is 22.0 Å². The summed E-state index contributed by atoms with van der Waals surface area (Å²) in [5, 5.41) is 0. The van der Waals surface area contributed by atoms with Crippen LogP contribution in [0.25, 0.3) is 0 Å². The molecule has 1 heterocycles. The van der Waals surface area contributed by atoms with E-state index in [2.05, 4.69) is 20.9 Å². The average molecular weight is 427 g/mol. The molecule has 1 aromatic carbocycles. The van der Waals surface area contributed by atoms with Gasteiger partial charge in [-0.25, -0.2) is 8.42 Å². The molecule has 134 valence electrons. The molecule has 2 rings (SSSR count). The second-order valence-corrected chi connectivity index (χ2v) is 8.36. The molecule has 0 unspecified atom stereocenters. The van der Waals surface area contributed by atoms with E-state index in [0.717, 1.165) is 20.8 Å². The van der Waals surface area contributed by atoms with Crippen molar-refractivity contribution in [1.82, 2.24) is 9.29 Å². The highest BCUT2D eigenvalue weighted by molar-refractivity contribution is 9.10. The maximum Gasteiger partial charge on any atom is 0.321 e. The van der Waals surface area contributed by atoms with E-state index in [-0.39, 0.29) is 18.0 Å². The number of hydrogen-bond acceptors (Lipinski definition) is 5. The zero-order valence-corrected chi connectivity index (χ0v) is 16.2. The quantitative estimate of drug-likeness (QED) is 0.478. The van der Waals surface area contributed by atoms with E-state index in [1.54, 1.807) is 24.5 Å². The number of likely N-dealkylation sites (N-methyl/N-ethyl adjacent to an activating group) is 1. The first kappa shape index (κ1) is 19.6. The molecule has 2 aromatic rings. The number of sulfonamides is 1. The van der Waals surface area contributed by atoms with Gasteiger partial charge in [-0.05, 0) is 48.7 Å². The lowest BCUT2D eigenvalue weighted by atomic mass is 10.2. The summed E-state index contributed by atoms with van der Waals surface area (Å²) in [5.41, 5.74) is 1.06. The predicted molar refractivity (Wildman–Crippen MR) is 97.5 cm³/mol. The number of hydrogen-bond donors (Lipinski definition) is 0. The van der Waals surface area contributed by atoms with Crippen LogP contribution in [-0.2, 0) is 26.0 Å². The fourth-order valence-corrected chi connectivity index (χ4v) is 3.49. The maximum atomic E-state index is 12.4. The Hall–Kier alpha value is -1.77. The molecular weight excluding hydrogens is 408 g/mol. The van der Waals surface area contributed by atoms with Crippen LogP contribution in [0.3, 0.4) is 0 Å². The van der Waals surface area contributed by atoms with Gasteiger partial charge >= 0.3 is 5.97 Å². The number of carbonyl (C=O) groups is 1. The number of esters is 1. The molecule has 25 heavy (non-hydrogen) atoms. The summed E-state index contributed by atoms with van der Waals surface area (Å²) in [6.07, 6.45) is 4.86. The Bertz CT molecular complexity index is 795. The van der Waals surface area contributed by atoms with E-state index in [9.17, 15) is 13.2 Å². The Labute approximate surface area is 156 Å². The normalized spacial score (nSPS) is 11.5. The van der Waals surface area contributed by atoms with Crippen molar-refractivity contribution < 1.29 is 17.9 Å². The lowest BCUT2D eigenvalue weighted by Crippen LogP contribution is -2.33. The van der Waals surface area contributed by atoms with Crippen molar-refractivity contribution in [1.29, 1.82) is 0 Å². The van der Waals surface area contributed by atoms with Crippen molar-refractivity contribution in [3.05, 3.63) is 58.8 Å². The molecule has 0 radical (unpaired) electrons. The van der Waals surface area contributed by atoms with Crippen LogP contribution in [0.5, 0.6) is 0 Å². The molecule has 8 heteroatoms. The van der Waals surface area contributed by atoms with Crippen LogP contribution >= 0.6 is 15.9 Å². The van der Waals surface area contributed by atoms with E-state index in [1.165, 1.54) is 19.2 Å². The van der Waals surface area contributed by atoms with Gasteiger partial charge < -0.3 is 4.74 Å². The van der Waals surface area contributed by atoms with Crippen LogP contribution in [0, 0.1) is 0 Å². The Kier molecular flexibility index (Phi) is 7.10. The van der Waals surface area contributed by atoms with Crippen LogP contribution in [-0.4, -0.2) is 43.9 Å². The Morgan fingerprint density at radius 2 is 1.96 bits per heavy atom. The van der Waals surface area contributed by atoms with Gasteiger partial charge in [0.1, 0.15) is 6.54 Å². The van der Waals surface area contributed by atoms with Gasteiger partial charge in [-0.2, -0.15) is 4.31 Å². The lowest BCUT2D eigenvalue weighted by Gasteiger charge is -2.16. The van der Waals surface area contributed by atoms with Gasteiger partial charge in [0.05, 0.1) is 11.5 Å². The standard InChI is InChI=1S/C17H19BrN2O4S/c1-20(25(22,23)16-8-6-15(18)7-9-16)13-17(21)24-11-3-5-14-4-2-10-19-12-14/h2,4,6-10,12H,3,5,11,13H2,1H3.